The van der Waals surface area contributed by atoms with Crippen LogP contribution in [0.3, 0.4) is 0 Å². The molecule has 5 heteroatoms. The number of carbonyl (C=O) groups excluding carboxylic acids is 1. The van der Waals surface area contributed by atoms with Gasteiger partial charge in [0.15, 0.2) is 0 Å². The summed E-state index contributed by atoms with van der Waals surface area (Å²) in [5.74, 6) is 0.864. The van der Waals surface area contributed by atoms with Gasteiger partial charge < -0.3 is 15.6 Å². The van der Waals surface area contributed by atoms with Crippen molar-refractivity contribution in [1.82, 2.24) is 14.9 Å². The van der Waals surface area contributed by atoms with Gasteiger partial charge in [0, 0.05) is 6.54 Å². The Kier molecular flexibility index (Phi) is 4.45. The molecule has 1 fully saturated rings. The topological polar surface area (TPSA) is 75.0 Å². The lowest BCUT2D eigenvalue weighted by molar-refractivity contribution is -0.136. The van der Waals surface area contributed by atoms with Gasteiger partial charge in [0.25, 0.3) is 0 Å². The maximum absolute atomic E-state index is 12.8. The van der Waals surface area contributed by atoms with Crippen LogP contribution in [0.4, 0.5) is 0 Å². The number of amides is 1. The molecule has 128 valence electrons. The molecule has 24 heavy (non-hydrogen) atoms. The Labute approximate surface area is 143 Å². The molecule has 2 heterocycles. The number of rotatable bonds is 3. The average Bonchev–Trinajstić information content (AvgIpc) is 3.22. The second kappa shape index (κ2) is 6.40. The molecule has 0 aliphatic carbocycles. The number of aromatic amines is 1. The number of H-pyrrole nitrogens is 1. The molecule has 3 N–H and O–H groups in total. The van der Waals surface area contributed by atoms with E-state index in [0.717, 1.165) is 36.5 Å². The molecular formula is C19H26N4O. The number of nitrogens with zero attached hydrogens (tertiary/aromatic N) is 2. The first-order valence-corrected chi connectivity index (χ1v) is 8.54. The minimum absolute atomic E-state index is 0.0108. The quantitative estimate of drug-likeness (QED) is 0.910. The number of nitrogens with two attached hydrogens (primary N) is 1. The number of likely N-dealkylation sites (tertiary alicyclic amines) is 1. The van der Waals surface area contributed by atoms with Crippen molar-refractivity contribution in [3.05, 3.63) is 42.4 Å². The van der Waals surface area contributed by atoms with E-state index < -0.39 is 6.04 Å². The molecule has 1 aliphatic heterocycles. The third kappa shape index (κ3) is 3.22. The van der Waals surface area contributed by atoms with Gasteiger partial charge in [-0.05, 0) is 23.8 Å². The van der Waals surface area contributed by atoms with Crippen molar-refractivity contribution >= 4 is 5.91 Å². The number of benzene rings is 1. The maximum Gasteiger partial charge on any atom is 0.240 e. The van der Waals surface area contributed by atoms with Crippen LogP contribution in [-0.2, 0) is 4.79 Å². The molecule has 1 aromatic carbocycles. The largest absolute Gasteiger partial charge is 0.340 e. The van der Waals surface area contributed by atoms with Crippen LogP contribution in [0.25, 0.3) is 11.3 Å². The molecule has 5 nitrogen and oxygen atoms in total. The lowest BCUT2D eigenvalue weighted by Gasteiger charge is -2.32. The zero-order valence-electron chi connectivity index (χ0n) is 14.6. The minimum Gasteiger partial charge on any atom is -0.340 e. The number of hydrogen-bond donors (Lipinski definition) is 2. The molecule has 3 rings (SSSR count). The van der Waals surface area contributed by atoms with E-state index in [1.165, 1.54) is 0 Å². The summed E-state index contributed by atoms with van der Waals surface area (Å²) in [7, 11) is 0. The fourth-order valence-electron chi connectivity index (χ4n) is 3.13. The van der Waals surface area contributed by atoms with Crippen LogP contribution in [0.5, 0.6) is 0 Å². The fourth-order valence-corrected chi connectivity index (χ4v) is 3.13. The fraction of sp³-hybridized carbons (Fsp3) is 0.474. The normalized spacial score (nSPS) is 19.5. The SMILES string of the molecule is CC(C)(C)[C@H](N)C(=O)N1CCC[C@H]1c1ncc(-c2ccccc2)[nH]1. The van der Waals surface area contributed by atoms with Gasteiger partial charge in [-0.3, -0.25) is 4.79 Å². The molecule has 0 unspecified atom stereocenters. The summed E-state index contributed by atoms with van der Waals surface area (Å²) < 4.78 is 0. The smallest absolute Gasteiger partial charge is 0.240 e. The molecule has 0 saturated carbocycles. The van der Waals surface area contributed by atoms with E-state index in [1.807, 2.05) is 62.2 Å². The van der Waals surface area contributed by atoms with Crippen LogP contribution in [0.15, 0.2) is 36.5 Å². The molecule has 1 saturated heterocycles. The van der Waals surface area contributed by atoms with Crippen LogP contribution in [0, 0.1) is 5.41 Å². The molecule has 2 aromatic rings. The Hall–Kier alpha value is -2.14. The zero-order valence-corrected chi connectivity index (χ0v) is 14.6. The van der Waals surface area contributed by atoms with E-state index in [1.54, 1.807) is 0 Å². The van der Waals surface area contributed by atoms with Gasteiger partial charge >= 0.3 is 0 Å². The Morgan fingerprint density at radius 2 is 2.04 bits per heavy atom. The Morgan fingerprint density at radius 3 is 2.71 bits per heavy atom. The molecule has 0 radical (unpaired) electrons. The van der Waals surface area contributed by atoms with E-state index in [-0.39, 0.29) is 17.4 Å². The summed E-state index contributed by atoms with van der Waals surface area (Å²) >= 11 is 0. The summed E-state index contributed by atoms with van der Waals surface area (Å²) in [5.41, 5.74) is 8.01. The van der Waals surface area contributed by atoms with Crippen LogP contribution in [0.1, 0.15) is 45.5 Å². The molecule has 0 spiro atoms. The van der Waals surface area contributed by atoms with Crippen molar-refractivity contribution in [3.8, 4) is 11.3 Å². The number of nitrogens with one attached hydrogen (secondary N) is 1. The van der Waals surface area contributed by atoms with Crippen molar-refractivity contribution in [2.75, 3.05) is 6.54 Å². The van der Waals surface area contributed by atoms with E-state index in [0.29, 0.717) is 0 Å². The number of imidazole rings is 1. The molecule has 1 amide bonds. The predicted molar refractivity (Wildman–Crippen MR) is 95.1 cm³/mol. The Bertz CT molecular complexity index is 702. The molecule has 2 atom stereocenters. The summed E-state index contributed by atoms with van der Waals surface area (Å²) in [6.45, 7) is 6.75. The summed E-state index contributed by atoms with van der Waals surface area (Å²) in [6.07, 6.45) is 3.74. The number of carbonyl (C=O) groups is 1. The lowest BCUT2D eigenvalue weighted by atomic mass is 9.86. The van der Waals surface area contributed by atoms with Crippen LogP contribution >= 0.6 is 0 Å². The third-order valence-electron chi connectivity index (χ3n) is 4.73. The molecule has 1 aromatic heterocycles. The van der Waals surface area contributed by atoms with Crippen molar-refractivity contribution in [2.45, 2.75) is 45.7 Å². The maximum atomic E-state index is 12.8. The predicted octanol–water partition coefficient (Wildman–Crippen LogP) is 3.11. The van der Waals surface area contributed by atoms with Crippen molar-refractivity contribution < 1.29 is 4.79 Å². The number of hydrogen-bond acceptors (Lipinski definition) is 3. The van der Waals surface area contributed by atoms with E-state index in [9.17, 15) is 4.79 Å². The third-order valence-corrected chi connectivity index (χ3v) is 4.73. The lowest BCUT2D eigenvalue weighted by Crippen LogP contribution is -2.50. The Balaban J connectivity index is 1.82. The van der Waals surface area contributed by atoms with Crippen LogP contribution < -0.4 is 5.73 Å². The molecular weight excluding hydrogens is 300 g/mol. The van der Waals surface area contributed by atoms with Gasteiger partial charge in [-0.15, -0.1) is 0 Å². The van der Waals surface area contributed by atoms with Gasteiger partial charge in [0.2, 0.25) is 5.91 Å². The monoisotopic (exact) mass is 326 g/mol. The van der Waals surface area contributed by atoms with E-state index >= 15 is 0 Å². The number of aromatic nitrogens is 2. The first-order valence-electron chi connectivity index (χ1n) is 8.54. The van der Waals surface area contributed by atoms with Crippen LogP contribution in [-0.4, -0.2) is 33.4 Å². The zero-order chi connectivity index (χ0) is 17.3. The van der Waals surface area contributed by atoms with Gasteiger partial charge in [0.1, 0.15) is 5.82 Å². The van der Waals surface area contributed by atoms with Crippen molar-refractivity contribution in [1.29, 1.82) is 0 Å². The Morgan fingerprint density at radius 1 is 1.33 bits per heavy atom. The van der Waals surface area contributed by atoms with Crippen LogP contribution in [0.2, 0.25) is 0 Å². The van der Waals surface area contributed by atoms with Gasteiger partial charge in [-0.1, -0.05) is 51.1 Å². The minimum atomic E-state index is -0.498. The second-order valence-corrected chi connectivity index (χ2v) is 7.58. The van der Waals surface area contributed by atoms with Gasteiger partial charge in [-0.2, -0.15) is 0 Å². The van der Waals surface area contributed by atoms with Gasteiger partial charge in [0.05, 0.1) is 24.0 Å². The first-order chi connectivity index (χ1) is 11.4. The highest BCUT2D eigenvalue weighted by atomic mass is 16.2. The van der Waals surface area contributed by atoms with E-state index in [4.69, 9.17) is 5.73 Å². The van der Waals surface area contributed by atoms with Crippen molar-refractivity contribution in [2.24, 2.45) is 11.1 Å². The first kappa shape index (κ1) is 16.7. The summed E-state index contributed by atoms with van der Waals surface area (Å²) in [4.78, 5) is 22.6. The highest BCUT2D eigenvalue weighted by Crippen LogP contribution is 2.33. The van der Waals surface area contributed by atoms with Gasteiger partial charge in [-0.25, -0.2) is 4.98 Å². The summed E-state index contributed by atoms with van der Waals surface area (Å²) in [6, 6.07) is 9.58. The summed E-state index contributed by atoms with van der Waals surface area (Å²) in [5, 5.41) is 0. The van der Waals surface area contributed by atoms with E-state index in [2.05, 4.69) is 9.97 Å². The average molecular weight is 326 g/mol. The standard InChI is InChI=1S/C19H26N4O/c1-19(2,3)16(20)18(24)23-11-7-10-15(23)17-21-12-14(22-17)13-8-5-4-6-9-13/h4-6,8-9,12,15-16H,7,10-11,20H2,1-3H3,(H,21,22)/t15-,16+/m0/s1. The molecule has 0 bridgehead atoms. The molecule has 1 aliphatic rings. The highest BCUT2D eigenvalue weighted by Gasteiger charge is 2.38. The second-order valence-electron chi connectivity index (χ2n) is 7.58. The highest BCUT2D eigenvalue weighted by molar-refractivity contribution is 5.83. The van der Waals surface area contributed by atoms with Crippen molar-refractivity contribution in [3.63, 3.8) is 0 Å².